The fourth-order valence-electron chi connectivity index (χ4n) is 1.60. The quantitative estimate of drug-likeness (QED) is 0.410. The van der Waals surface area contributed by atoms with E-state index in [2.05, 4.69) is 31.4 Å². The molecule has 0 fully saturated rings. The van der Waals surface area contributed by atoms with Gasteiger partial charge in [-0.05, 0) is 36.3 Å². The summed E-state index contributed by atoms with van der Waals surface area (Å²) in [5.41, 5.74) is 4.09. The largest absolute Gasteiger partial charge is 0.494 e. The summed E-state index contributed by atoms with van der Waals surface area (Å²) in [5.74, 6) is 8.71. The molecule has 0 bridgehead atoms. The van der Waals surface area contributed by atoms with Gasteiger partial charge in [0, 0.05) is 5.75 Å². The minimum atomic E-state index is 0.210. The van der Waals surface area contributed by atoms with Crippen molar-refractivity contribution in [1.82, 2.24) is 5.43 Å². The van der Waals surface area contributed by atoms with Gasteiger partial charge in [-0.25, -0.2) is 0 Å². The summed E-state index contributed by atoms with van der Waals surface area (Å²) in [7, 11) is 0. The minimum Gasteiger partial charge on any atom is -0.494 e. The normalized spacial score (nSPS) is 12.4. The Hall–Kier alpha value is -0.710. The van der Waals surface area contributed by atoms with Crippen molar-refractivity contribution < 1.29 is 4.74 Å². The zero-order valence-corrected chi connectivity index (χ0v) is 12.1. The third kappa shape index (κ3) is 5.29. The monoisotopic (exact) mass is 268 g/mol. The molecule has 0 spiro atoms. The van der Waals surface area contributed by atoms with Crippen LogP contribution in [0.5, 0.6) is 5.75 Å². The van der Waals surface area contributed by atoms with Gasteiger partial charge >= 0.3 is 0 Å². The van der Waals surface area contributed by atoms with Gasteiger partial charge in [-0.15, -0.1) is 0 Å². The number of hydrogen-bond acceptors (Lipinski definition) is 4. The molecule has 0 saturated carbocycles. The van der Waals surface area contributed by atoms with Crippen molar-refractivity contribution >= 4 is 11.8 Å². The summed E-state index contributed by atoms with van der Waals surface area (Å²) in [6.07, 6.45) is 2.23. The van der Waals surface area contributed by atoms with E-state index >= 15 is 0 Å². The van der Waals surface area contributed by atoms with Crippen LogP contribution in [-0.2, 0) is 0 Å². The molecule has 102 valence electrons. The molecular formula is C14H24N2OS. The highest BCUT2D eigenvalue weighted by atomic mass is 32.2. The number of nitrogens with one attached hydrogen (secondary N) is 1. The van der Waals surface area contributed by atoms with Gasteiger partial charge in [0.05, 0.1) is 12.6 Å². The van der Waals surface area contributed by atoms with Crippen molar-refractivity contribution in [3.05, 3.63) is 29.8 Å². The Kier molecular flexibility index (Phi) is 7.89. The second-order valence-corrected chi connectivity index (χ2v) is 5.36. The molecule has 3 N–H and O–H groups in total. The van der Waals surface area contributed by atoms with E-state index in [1.807, 2.05) is 23.9 Å². The predicted octanol–water partition coefficient (Wildman–Crippen LogP) is 3.12. The summed E-state index contributed by atoms with van der Waals surface area (Å²) in [6, 6.07) is 8.41. The SMILES string of the molecule is CCCOc1ccc(C(CSCCC)NN)cc1. The number of ether oxygens (including phenoxy) is 1. The summed E-state index contributed by atoms with van der Waals surface area (Å²) >= 11 is 1.93. The van der Waals surface area contributed by atoms with E-state index in [9.17, 15) is 0 Å². The first kappa shape index (κ1) is 15.3. The predicted molar refractivity (Wildman–Crippen MR) is 79.9 cm³/mol. The average molecular weight is 268 g/mol. The molecular weight excluding hydrogens is 244 g/mol. The van der Waals surface area contributed by atoms with E-state index in [-0.39, 0.29) is 6.04 Å². The smallest absolute Gasteiger partial charge is 0.119 e. The van der Waals surface area contributed by atoms with Crippen LogP contribution in [0.4, 0.5) is 0 Å². The molecule has 1 atom stereocenters. The molecule has 18 heavy (non-hydrogen) atoms. The van der Waals surface area contributed by atoms with Gasteiger partial charge in [0.2, 0.25) is 0 Å². The Labute approximate surface area is 114 Å². The molecule has 1 unspecified atom stereocenters. The van der Waals surface area contributed by atoms with Crippen LogP contribution in [-0.4, -0.2) is 18.1 Å². The van der Waals surface area contributed by atoms with Gasteiger partial charge in [0.25, 0.3) is 0 Å². The number of rotatable bonds is 9. The average Bonchev–Trinajstić information content (AvgIpc) is 2.42. The lowest BCUT2D eigenvalue weighted by Gasteiger charge is -2.16. The van der Waals surface area contributed by atoms with E-state index in [0.29, 0.717) is 0 Å². The molecule has 0 aromatic heterocycles. The van der Waals surface area contributed by atoms with Crippen LogP contribution in [0, 0.1) is 0 Å². The zero-order chi connectivity index (χ0) is 13.2. The molecule has 3 nitrogen and oxygen atoms in total. The molecule has 0 aliphatic carbocycles. The van der Waals surface area contributed by atoms with Crippen molar-refractivity contribution in [3.8, 4) is 5.75 Å². The van der Waals surface area contributed by atoms with Crippen molar-refractivity contribution in [2.75, 3.05) is 18.1 Å². The standard InChI is InChI=1S/C14H24N2OS/c1-3-9-17-13-7-5-12(6-8-13)14(16-15)11-18-10-4-2/h5-8,14,16H,3-4,9-11,15H2,1-2H3. The molecule has 1 rings (SSSR count). The Balaban J connectivity index is 2.52. The number of nitrogens with two attached hydrogens (primary N) is 1. The first-order valence-corrected chi connectivity index (χ1v) is 7.73. The van der Waals surface area contributed by atoms with E-state index in [1.165, 1.54) is 17.7 Å². The lowest BCUT2D eigenvalue weighted by Crippen LogP contribution is -2.29. The topological polar surface area (TPSA) is 47.3 Å². The van der Waals surface area contributed by atoms with Crippen molar-refractivity contribution in [3.63, 3.8) is 0 Å². The Morgan fingerprint density at radius 2 is 1.94 bits per heavy atom. The molecule has 0 aliphatic heterocycles. The maximum atomic E-state index is 5.61. The molecule has 1 aromatic rings. The lowest BCUT2D eigenvalue weighted by molar-refractivity contribution is 0.317. The second kappa shape index (κ2) is 9.25. The van der Waals surface area contributed by atoms with Crippen molar-refractivity contribution in [2.45, 2.75) is 32.7 Å². The first-order valence-electron chi connectivity index (χ1n) is 6.58. The van der Waals surface area contributed by atoms with E-state index in [4.69, 9.17) is 10.6 Å². The van der Waals surface area contributed by atoms with Crippen LogP contribution in [0.2, 0.25) is 0 Å². The molecule has 4 heteroatoms. The highest BCUT2D eigenvalue weighted by Crippen LogP contribution is 2.21. The van der Waals surface area contributed by atoms with Crippen LogP contribution >= 0.6 is 11.8 Å². The third-order valence-corrected chi connectivity index (χ3v) is 3.86. The van der Waals surface area contributed by atoms with Gasteiger partial charge < -0.3 is 4.74 Å². The van der Waals surface area contributed by atoms with Gasteiger partial charge in [0.1, 0.15) is 5.75 Å². The van der Waals surface area contributed by atoms with Crippen LogP contribution < -0.4 is 16.0 Å². The second-order valence-electron chi connectivity index (χ2n) is 4.21. The van der Waals surface area contributed by atoms with Gasteiger partial charge in [0.15, 0.2) is 0 Å². The summed E-state index contributed by atoms with van der Waals surface area (Å²) < 4.78 is 5.57. The lowest BCUT2D eigenvalue weighted by atomic mass is 10.1. The Morgan fingerprint density at radius 3 is 2.50 bits per heavy atom. The molecule has 0 heterocycles. The molecule has 1 aromatic carbocycles. The number of hydrazine groups is 1. The van der Waals surface area contributed by atoms with Gasteiger partial charge in [-0.2, -0.15) is 11.8 Å². The summed E-state index contributed by atoms with van der Waals surface area (Å²) in [6.45, 7) is 5.07. The Morgan fingerprint density at radius 1 is 1.22 bits per heavy atom. The van der Waals surface area contributed by atoms with Crippen LogP contribution in [0.3, 0.4) is 0 Å². The molecule has 0 radical (unpaired) electrons. The van der Waals surface area contributed by atoms with Gasteiger partial charge in [-0.1, -0.05) is 26.0 Å². The first-order chi connectivity index (χ1) is 8.81. The van der Waals surface area contributed by atoms with Crippen LogP contribution in [0.1, 0.15) is 38.3 Å². The maximum Gasteiger partial charge on any atom is 0.119 e. The summed E-state index contributed by atoms with van der Waals surface area (Å²) in [4.78, 5) is 0. The fourth-order valence-corrected chi connectivity index (χ4v) is 2.58. The van der Waals surface area contributed by atoms with Crippen LogP contribution in [0.15, 0.2) is 24.3 Å². The van der Waals surface area contributed by atoms with Crippen LogP contribution in [0.25, 0.3) is 0 Å². The van der Waals surface area contributed by atoms with E-state index in [0.717, 1.165) is 24.5 Å². The molecule has 0 aliphatic rings. The Bertz CT molecular complexity index is 316. The number of benzene rings is 1. The summed E-state index contributed by atoms with van der Waals surface area (Å²) in [5, 5.41) is 0. The van der Waals surface area contributed by atoms with E-state index < -0.39 is 0 Å². The fraction of sp³-hybridized carbons (Fsp3) is 0.571. The maximum absolute atomic E-state index is 5.61. The van der Waals surface area contributed by atoms with Crippen molar-refractivity contribution in [2.24, 2.45) is 5.84 Å². The highest BCUT2D eigenvalue weighted by molar-refractivity contribution is 7.99. The molecule has 0 saturated heterocycles. The number of thioether (sulfide) groups is 1. The third-order valence-electron chi connectivity index (χ3n) is 2.59. The zero-order valence-electron chi connectivity index (χ0n) is 11.3. The van der Waals surface area contributed by atoms with E-state index in [1.54, 1.807) is 0 Å². The number of hydrogen-bond donors (Lipinski definition) is 2. The highest BCUT2D eigenvalue weighted by Gasteiger charge is 2.09. The molecule has 0 amide bonds. The van der Waals surface area contributed by atoms with Gasteiger partial charge in [-0.3, -0.25) is 11.3 Å². The minimum absolute atomic E-state index is 0.210. The van der Waals surface area contributed by atoms with Crippen molar-refractivity contribution in [1.29, 1.82) is 0 Å².